The van der Waals surface area contributed by atoms with Gasteiger partial charge in [-0.15, -0.1) is 0 Å². The van der Waals surface area contributed by atoms with E-state index in [1.54, 1.807) is 4.90 Å². The average molecular weight is 273 g/mol. The van der Waals surface area contributed by atoms with E-state index < -0.39 is 17.4 Å². The monoisotopic (exact) mass is 273 g/mol. The summed E-state index contributed by atoms with van der Waals surface area (Å²) in [4.78, 5) is 13.5. The van der Waals surface area contributed by atoms with Gasteiger partial charge in [0.05, 0.1) is 25.3 Å². The van der Waals surface area contributed by atoms with Gasteiger partial charge >= 0.3 is 0 Å². The lowest BCUT2D eigenvalue weighted by Gasteiger charge is -2.20. The largest absolute Gasteiger partial charge is 0.395 e. The van der Waals surface area contributed by atoms with Crippen LogP contribution in [0.3, 0.4) is 0 Å². The Morgan fingerprint density at radius 3 is 2.74 bits per heavy atom. The number of hydrogen-bond acceptors (Lipinski definition) is 4. The van der Waals surface area contributed by atoms with Crippen LogP contribution in [-0.4, -0.2) is 55.7 Å². The van der Waals surface area contributed by atoms with Gasteiger partial charge in [-0.1, -0.05) is 0 Å². The summed E-state index contributed by atoms with van der Waals surface area (Å²) < 4.78 is 31.3. The van der Waals surface area contributed by atoms with Crippen molar-refractivity contribution in [2.24, 2.45) is 0 Å². The zero-order valence-electron chi connectivity index (χ0n) is 10.7. The third-order valence-electron chi connectivity index (χ3n) is 2.62. The maximum atomic E-state index is 13.4. The fourth-order valence-corrected chi connectivity index (χ4v) is 1.63. The van der Waals surface area contributed by atoms with E-state index in [1.807, 2.05) is 0 Å². The van der Waals surface area contributed by atoms with Gasteiger partial charge < -0.3 is 9.84 Å². The van der Waals surface area contributed by atoms with E-state index in [9.17, 15) is 13.6 Å². The molecule has 0 amide bonds. The minimum absolute atomic E-state index is 0.0930. The summed E-state index contributed by atoms with van der Waals surface area (Å²) in [6.07, 6.45) is 0. The van der Waals surface area contributed by atoms with E-state index in [4.69, 9.17) is 9.84 Å². The third kappa shape index (κ3) is 5.02. The first kappa shape index (κ1) is 15.7. The Morgan fingerprint density at radius 1 is 1.37 bits per heavy atom. The van der Waals surface area contributed by atoms with Crippen molar-refractivity contribution in [1.82, 2.24) is 4.90 Å². The van der Waals surface area contributed by atoms with Crippen LogP contribution in [0.25, 0.3) is 0 Å². The van der Waals surface area contributed by atoms with Crippen molar-refractivity contribution in [2.75, 3.05) is 40.0 Å². The Labute approximate surface area is 110 Å². The Hall–Kier alpha value is -1.37. The number of benzene rings is 1. The quantitative estimate of drug-likeness (QED) is 0.720. The molecule has 0 radical (unpaired) electrons. The molecule has 0 fully saturated rings. The molecule has 6 heteroatoms. The summed E-state index contributed by atoms with van der Waals surface area (Å²) in [5, 5.41) is 8.89. The molecule has 0 aliphatic carbocycles. The molecular weight excluding hydrogens is 256 g/mol. The van der Waals surface area contributed by atoms with Crippen LogP contribution in [0.5, 0.6) is 0 Å². The highest BCUT2D eigenvalue weighted by molar-refractivity contribution is 5.97. The van der Waals surface area contributed by atoms with Crippen LogP contribution in [0.2, 0.25) is 0 Å². The number of aliphatic hydroxyl groups excluding tert-OH is 1. The molecule has 0 unspecified atom stereocenters. The van der Waals surface area contributed by atoms with Crippen LogP contribution in [0.4, 0.5) is 8.78 Å². The zero-order chi connectivity index (χ0) is 14.3. The fraction of sp³-hybridized carbons (Fsp3) is 0.462. The molecule has 1 rings (SSSR count). The molecule has 0 aromatic heterocycles. The van der Waals surface area contributed by atoms with Crippen LogP contribution < -0.4 is 0 Å². The van der Waals surface area contributed by atoms with Crippen LogP contribution in [0, 0.1) is 11.6 Å². The smallest absolute Gasteiger partial charge is 0.179 e. The highest BCUT2D eigenvalue weighted by atomic mass is 19.1. The minimum atomic E-state index is -0.748. The van der Waals surface area contributed by atoms with Crippen LogP contribution >= 0.6 is 0 Å². The van der Waals surface area contributed by atoms with Crippen LogP contribution in [0.15, 0.2) is 18.2 Å². The van der Waals surface area contributed by atoms with Gasteiger partial charge in [-0.05, 0) is 18.2 Å². The van der Waals surface area contributed by atoms with Crippen molar-refractivity contribution in [1.29, 1.82) is 0 Å². The Morgan fingerprint density at radius 2 is 2.11 bits per heavy atom. The number of carbonyl (C=O) groups excluding carboxylic acids is 1. The van der Waals surface area contributed by atoms with Gasteiger partial charge in [-0.2, -0.15) is 0 Å². The summed E-state index contributed by atoms with van der Waals surface area (Å²) in [6, 6.07) is 2.77. The zero-order valence-corrected chi connectivity index (χ0v) is 10.7. The van der Waals surface area contributed by atoms with Gasteiger partial charge in [-0.25, -0.2) is 8.78 Å². The van der Waals surface area contributed by atoms with E-state index >= 15 is 0 Å². The molecule has 0 saturated carbocycles. The molecule has 1 aromatic carbocycles. The van der Waals surface area contributed by atoms with Gasteiger partial charge in [0.25, 0.3) is 0 Å². The molecule has 19 heavy (non-hydrogen) atoms. The first-order valence-electron chi connectivity index (χ1n) is 5.89. The van der Waals surface area contributed by atoms with E-state index in [0.717, 1.165) is 18.2 Å². The second-order valence-electron chi connectivity index (χ2n) is 4.04. The number of halogens is 2. The van der Waals surface area contributed by atoms with Gasteiger partial charge in [0.2, 0.25) is 0 Å². The van der Waals surface area contributed by atoms with Crippen LogP contribution in [0.1, 0.15) is 10.4 Å². The summed E-state index contributed by atoms with van der Waals surface area (Å²) in [6.45, 7) is 0.873. The molecule has 106 valence electrons. The number of aliphatic hydroxyl groups is 1. The van der Waals surface area contributed by atoms with Crippen molar-refractivity contribution in [3.05, 3.63) is 35.4 Å². The Kier molecular flexibility index (Phi) is 6.55. The average Bonchev–Trinajstić information content (AvgIpc) is 2.39. The Balaban J connectivity index is 2.72. The standard InChI is InChI=1S/C13H17F2NO3/c1-19-7-5-16(4-6-17)9-13(18)11-8-10(14)2-3-12(11)15/h2-3,8,17H,4-7,9H2,1H3. The van der Waals surface area contributed by atoms with Crippen LogP contribution in [-0.2, 0) is 4.74 Å². The number of ether oxygens (including phenoxy) is 1. The number of carbonyl (C=O) groups is 1. The predicted molar refractivity (Wildman–Crippen MR) is 66.1 cm³/mol. The molecule has 0 spiro atoms. The van der Waals surface area contributed by atoms with E-state index in [0.29, 0.717) is 13.2 Å². The molecule has 0 bridgehead atoms. The lowest BCUT2D eigenvalue weighted by molar-refractivity contribution is 0.0864. The van der Waals surface area contributed by atoms with Crippen molar-refractivity contribution >= 4 is 5.78 Å². The van der Waals surface area contributed by atoms with E-state index in [1.165, 1.54) is 7.11 Å². The summed E-state index contributed by atoms with van der Waals surface area (Å²) in [7, 11) is 1.52. The van der Waals surface area contributed by atoms with Crippen molar-refractivity contribution in [3.63, 3.8) is 0 Å². The molecule has 4 nitrogen and oxygen atoms in total. The lowest BCUT2D eigenvalue weighted by Crippen LogP contribution is -2.35. The number of methoxy groups -OCH3 is 1. The number of ketones is 1. The first-order chi connectivity index (χ1) is 9.08. The van der Waals surface area contributed by atoms with Crippen molar-refractivity contribution in [2.45, 2.75) is 0 Å². The highest BCUT2D eigenvalue weighted by Gasteiger charge is 2.16. The molecule has 1 aromatic rings. The first-order valence-corrected chi connectivity index (χ1v) is 5.89. The molecule has 0 aliphatic rings. The number of Topliss-reactive ketones (excluding diaryl/α,β-unsaturated/α-hetero) is 1. The highest BCUT2D eigenvalue weighted by Crippen LogP contribution is 2.11. The minimum Gasteiger partial charge on any atom is -0.395 e. The third-order valence-corrected chi connectivity index (χ3v) is 2.62. The molecule has 0 atom stereocenters. The van der Waals surface area contributed by atoms with Gasteiger partial charge in [-0.3, -0.25) is 9.69 Å². The molecular formula is C13H17F2NO3. The number of nitrogens with zero attached hydrogens (tertiary/aromatic N) is 1. The van der Waals surface area contributed by atoms with E-state index in [2.05, 4.69) is 0 Å². The summed E-state index contributed by atoms with van der Waals surface area (Å²) >= 11 is 0. The van der Waals surface area contributed by atoms with Gasteiger partial charge in [0.15, 0.2) is 5.78 Å². The fourth-order valence-electron chi connectivity index (χ4n) is 1.63. The number of hydrogen-bond donors (Lipinski definition) is 1. The van der Waals surface area contributed by atoms with Gasteiger partial charge in [0.1, 0.15) is 11.6 Å². The SMILES string of the molecule is COCCN(CCO)CC(=O)c1cc(F)ccc1F. The lowest BCUT2D eigenvalue weighted by atomic mass is 10.1. The molecule has 0 heterocycles. The maximum Gasteiger partial charge on any atom is 0.179 e. The summed E-state index contributed by atoms with van der Waals surface area (Å²) in [5.41, 5.74) is -0.277. The molecule has 1 N–H and O–H groups in total. The molecule has 0 saturated heterocycles. The summed E-state index contributed by atoms with van der Waals surface area (Å²) in [5.74, 6) is -1.93. The van der Waals surface area contributed by atoms with Crippen molar-refractivity contribution in [3.8, 4) is 0 Å². The maximum absolute atomic E-state index is 13.4. The van der Waals surface area contributed by atoms with E-state index in [-0.39, 0.29) is 25.3 Å². The van der Waals surface area contributed by atoms with Crippen molar-refractivity contribution < 1.29 is 23.4 Å². The predicted octanol–water partition coefficient (Wildman–Crippen LogP) is 1.09. The van der Waals surface area contributed by atoms with Gasteiger partial charge in [0, 0.05) is 20.2 Å². The topological polar surface area (TPSA) is 49.8 Å². The number of rotatable bonds is 8. The Bertz CT molecular complexity index is 426. The second kappa shape index (κ2) is 7.93. The second-order valence-corrected chi connectivity index (χ2v) is 4.04. The molecule has 0 aliphatic heterocycles. The normalized spacial score (nSPS) is 11.0.